The second kappa shape index (κ2) is 6.36. The van der Waals surface area contributed by atoms with E-state index < -0.39 is 5.54 Å². The van der Waals surface area contributed by atoms with Crippen LogP contribution in [-0.4, -0.2) is 42.5 Å². The quantitative estimate of drug-likeness (QED) is 0.669. The third kappa shape index (κ3) is 3.96. The molecule has 0 aromatic carbocycles. The minimum absolute atomic E-state index is 0.243. The lowest BCUT2D eigenvalue weighted by Crippen LogP contribution is -2.55. The number of nitrogens with two attached hydrogens (primary N) is 1. The topological polar surface area (TPSA) is 58.4 Å². The van der Waals surface area contributed by atoms with Gasteiger partial charge in [0.2, 0.25) is 5.91 Å². The van der Waals surface area contributed by atoms with Gasteiger partial charge >= 0.3 is 0 Å². The number of carbonyl (C=O) groups is 1. The van der Waals surface area contributed by atoms with Gasteiger partial charge in [0.15, 0.2) is 0 Å². The van der Waals surface area contributed by atoms with E-state index in [9.17, 15) is 4.79 Å². The molecule has 1 aliphatic carbocycles. The number of carbonyl (C=O) groups excluding carboxylic acids is 1. The van der Waals surface area contributed by atoms with Gasteiger partial charge in [0.05, 0.1) is 5.54 Å². The maximum absolute atomic E-state index is 11.5. The molecule has 3 N–H and O–H groups in total. The Bertz CT molecular complexity index is 253. The molecular weight excluding hydrogens is 214 g/mol. The molecule has 1 saturated carbocycles. The first kappa shape index (κ1) is 14.5. The number of primary amides is 1. The molecule has 1 unspecified atom stereocenters. The van der Waals surface area contributed by atoms with Crippen LogP contribution in [-0.2, 0) is 4.79 Å². The van der Waals surface area contributed by atoms with E-state index in [2.05, 4.69) is 24.2 Å². The fourth-order valence-corrected chi connectivity index (χ4v) is 2.11. The van der Waals surface area contributed by atoms with E-state index in [1.165, 1.54) is 19.3 Å². The molecule has 0 radical (unpaired) electrons. The fraction of sp³-hybridized carbons (Fsp3) is 0.923. The molecule has 100 valence electrons. The summed E-state index contributed by atoms with van der Waals surface area (Å²) >= 11 is 0. The molecule has 0 aliphatic heterocycles. The molecule has 0 bridgehead atoms. The summed E-state index contributed by atoms with van der Waals surface area (Å²) < 4.78 is 0. The summed E-state index contributed by atoms with van der Waals surface area (Å²) in [5, 5.41) is 3.27. The van der Waals surface area contributed by atoms with Crippen LogP contribution in [0.25, 0.3) is 0 Å². The minimum atomic E-state index is -0.561. The zero-order valence-corrected chi connectivity index (χ0v) is 11.5. The van der Waals surface area contributed by atoms with Gasteiger partial charge in [-0.15, -0.1) is 0 Å². The normalized spacial score (nSPS) is 20.0. The maximum Gasteiger partial charge on any atom is 0.237 e. The molecule has 1 atom stereocenters. The molecule has 1 rings (SSSR count). The highest BCUT2D eigenvalue weighted by Crippen LogP contribution is 2.24. The highest BCUT2D eigenvalue weighted by atomic mass is 16.1. The monoisotopic (exact) mass is 241 g/mol. The summed E-state index contributed by atoms with van der Waals surface area (Å²) in [6, 6.07) is 0.721. The Kier molecular flexibility index (Phi) is 5.40. The molecule has 1 aliphatic rings. The van der Waals surface area contributed by atoms with Gasteiger partial charge in [-0.1, -0.05) is 13.3 Å². The van der Waals surface area contributed by atoms with Gasteiger partial charge in [-0.3, -0.25) is 4.79 Å². The second-order valence-corrected chi connectivity index (χ2v) is 5.44. The lowest BCUT2D eigenvalue weighted by Gasteiger charge is -2.37. The van der Waals surface area contributed by atoms with Crippen LogP contribution in [0.5, 0.6) is 0 Å². The largest absolute Gasteiger partial charge is 0.368 e. The van der Waals surface area contributed by atoms with Crippen molar-refractivity contribution < 1.29 is 4.79 Å². The minimum Gasteiger partial charge on any atom is -0.368 e. The predicted molar refractivity (Wildman–Crippen MR) is 70.8 cm³/mol. The van der Waals surface area contributed by atoms with Crippen LogP contribution >= 0.6 is 0 Å². The van der Waals surface area contributed by atoms with Gasteiger partial charge in [0, 0.05) is 12.6 Å². The van der Waals surface area contributed by atoms with E-state index in [0.717, 1.165) is 32.0 Å². The Morgan fingerprint density at radius 1 is 1.53 bits per heavy atom. The predicted octanol–water partition coefficient (Wildman–Crippen LogP) is 1.10. The van der Waals surface area contributed by atoms with E-state index in [-0.39, 0.29) is 5.91 Å². The zero-order valence-electron chi connectivity index (χ0n) is 11.5. The Balaban J connectivity index is 2.39. The Labute approximate surface area is 105 Å². The van der Waals surface area contributed by atoms with Crippen molar-refractivity contribution in [1.82, 2.24) is 10.2 Å². The maximum atomic E-state index is 11.5. The first-order valence-corrected chi connectivity index (χ1v) is 6.75. The highest BCUT2D eigenvalue weighted by Gasteiger charge is 2.31. The summed E-state index contributed by atoms with van der Waals surface area (Å²) in [5.41, 5.74) is 4.94. The first-order valence-electron chi connectivity index (χ1n) is 6.75. The molecule has 17 heavy (non-hydrogen) atoms. The van der Waals surface area contributed by atoms with Crippen molar-refractivity contribution in [2.75, 3.05) is 20.1 Å². The van der Waals surface area contributed by atoms with Gasteiger partial charge in [-0.25, -0.2) is 0 Å². The molecule has 0 heterocycles. The summed E-state index contributed by atoms with van der Waals surface area (Å²) in [4.78, 5) is 13.9. The van der Waals surface area contributed by atoms with Gasteiger partial charge in [-0.05, 0) is 46.2 Å². The number of nitrogens with one attached hydrogen (secondary N) is 1. The second-order valence-electron chi connectivity index (χ2n) is 5.44. The van der Waals surface area contributed by atoms with E-state index in [4.69, 9.17) is 5.73 Å². The standard InChI is InChI=1S/C13H27N3O/c1-4-9-15-13(2,12(14)17)8-10-16(3)11-6-5-7-11/h11,15H,4-10H2,1-3H3,(H2,14,17). The van der Waals surface area contributed by atoms with Crippen molar-refractivity contribution in [1.29, 1.82) is 0 Å². The van der Waals surface area contributed by atoms with Crippen molar-refractivity contribution in [3.63, 3.8) is 0 Å². The van der Waals surface area contributed by atoms with Crippen molar-refractivity contribution in [3.05, 3.63) is 0 Å². The number of hydrogen-bond acceptors (Lipinski definition) is 3. The third-order valence-corrected chi connectivity index (χ3v) is 3.97. The van der Waals surface area contributed by atoms with Crippen LogP contribution in [0.1, 0.15) is 46.0 Å². The van der Waals surface area contributed by atoms with E-state index >= 15 is 0 Å². The average Bonchev–Trinajstić information content (AvgIpc) is 2.21. The van der Waals surface area contributed by atoms with Crippen molar-refractivity contribution in [2.24, 2.45) is 5.73 Å². The van der Waals surface area contributed by atoms with Gasteiger partial charge in [0.25, 0.3) is 0 Å². The number of rotatable bonds is 8. The molecule has 1 amide bonds. The SMILES string of the molecule is CCCNC(C)(CCN(C)C1CCC1)C(N)=O. The zero-order chi connectivity index (χ0) is 12.9. The fourth-order valence-electron chi connectivity index (χ4n) is 2.11. The van der Waals surface area contributed by atoms with Gasteiger partial charge < -0.3 is 16.0 Å². The van der Waals surface area contributed by atoms with E-state index in [0.29, 0.717) is 0 Å². The smallest absolute Gasteiger partial charge is 0.237 e. The molecule has 1 fully saturated rings. The van der Waals surface area contributed by atoms with Crippen LogP contribution < -0.4 is 11.1 Å². The van der Waals surface area contributed by atoms with Gasteiger partial charge in [-0.2, -0.15) is 0 Å². The summed E-state index contributed by atoms with van der Waals surface area (Å²) in [6.45, 7) is 5.78. The summed E-state index contributed by atoms with van der Waals surface area (Å²) in [5.74, 6) is -0.243. The van der Waals surface area contributed by atoms with Crippen LogP contribution in [0.15, 0.2) is 0 Å². The average molecular weight is 241 g/mol. The number of hydrogen-bond donors (Lipinski definition) is 2. The highest BCUT2D eigenvalue weighted by molar-refractivity contribution is 5.84. The molecule has 0 saturated heterocycles. The lowest BCUT2D eigenvalue weighted by atomic mass is 9.90. The van der Waals surface area contributed by atoms with Gasteiger partial charge in [0.1, 0.15) is 0 Å². The van der Waals surface area contributed by atoms with Crippen LogP contribution in [0.4, 0.5) is 0 Å². The van der Waals surface area contributed by atoms with Crippen molar-refractivity contribution >= 4 is 5.91 Å². The first-order chi connectivity index (χ1) is 7.99. The molecule has 0 spiro atoms. The molecule has 0 aromatic heterocycles. The Hall–Kier alpha value is -0.610. The third-order valence-electron chi connectivity index (χ3n) is 3.97. The molecule has 4 nitrogen and oxygen atoms in total. The van der Waals surface area contributed by atoms with Crippen molar-refractivity contribution in [3.8, 4) is 0 Å². The van der Waals surface area contributed by atoms with Crippen LogP contribution in [0.3, 0.4) is 0 Å². The van der Waals surface area contributed by atoms with Crippen molar-refractivity contribution in [2.45, 2.75) is 57.5 Å². The molecule has 0 aromatic rings. The molecule has 4 heteroatoms. The Morgan fingerprint density at radius 2 is 2.18 bits per heavy atom. The summed E-state index contributed by atoms with van der Waals surface area (Å²) in [6.07, 6.45) is 5.74. The van der Waals surface area contributed by atoms with Crippen LogP contribution in [0.2, 0.25) is 0 Å². The van der Waals surface area contributed by atoms with E-state index in [1.807, 2.05) is 6.92 Å². The molecular formula is C13H27N3O. The van der Waals surface area contributed by atoms with Crippen LogP contribution in [0, 0.1) is 0 Å². The summed E-state index contributed by atoms with van der Waals surface area (Å²) in [7, 11) is 2.14. The Morgan fingerprint density at radius 3 is 2.59 bits per heavy atom. The van der Waals surface area contributed by atoms with E-state index in [1.54, 1.807) is 0 Å². The number of nitrogens with zero attached hydrogens (tertiary/aromatic N) is 1. The number of amides is 1. The lowest BCUT2D eigenvalue weighted by molar-refractivity contribution is -0.124.